The van der Waals surface area contributed by atoms with E-state index in [2.05, 4.69) is 10.1 Å². The van der Waals surface area contributed by atoms with Gasteiger partial charge in [-0.3, -0.25) is 9.59 Å². The Morgan fingerprint density at radius 1 is 1.08 bits per heavy atom. The molecule has 9 heteroatoms. The number of methoxy groups -OCH3 is 1. The molecule has 146 valence electrons. The van der Waals surface area contributed by atoms with Crippen molar-refractivity contribution in [2.75, 3.05) is 40.1 Å². The summed E-state index contributed by atoms with van der Waals surface area (Å²) in [6, 6.07) is -0.826. The van der Waals surface area contributed by atoms with Crippen LogP contribution in [0.5, 0.6) is 0 Å². The Kier molecular flexibility index (Phi) is 11.8. The molecule has 0 heterocycles. The Bertz CT molecular complexity index is 421. The van der Waals surface area contributed by atoms with E-state index in [4.69, 9.17) is 19.9 Å². The van der Waals surface area contributed by atoms with Gasteiger partial charge in [0.25, 0.3) is 0 Å². The normalized spacial score (nSPS) is 12.4. The number of ether oxygens (including phenoxy) is 4. The Morgan fingerprint density at radius 2 is 1.72 bits per heavy atom. The summed E-state index contributed by atoms with van der Waals surface area (Å²) < 4.78 is 19.8. The molecule has 0 aromatic rings. The van der Waals surface area contributed by atoms with Gasteiger partial charge in [0.2, 0.25) is 5.91 Å². The number of esters is 2. The van der Waals surface area contributed by atoms with Crippen molar-refractivity contribution in [1.82, 2.24) is 5.32 Å². The monoisotopic (exact) mass is 362 g/mol. The van der Waals surface area contributed by atoms with Gasteiger partial charge in [0.15, 0.2) is 0 Å². The maximum absolute atomic E-state index is 11.7. The van der Waals surface area contributed by atoms with Gasteiger partial charge < -0.3 is 30.0 Å². The minimum absolute atomic E-state index is 0.117. The zero-order chi connectivity index (χ0) is 19.3. The van der Waals surface area contributed by atoms with Gasteiger partial charge >= 0.3 is 11.9 Å². The highest BCUT2D eigenvalue weighted by Crippen LogP contribution is 2.09. The van der Waals surface area contributed by atoms with Crippen LogP contribution >= 0.6 is 0 Å². The Balaban J connectivity index is 3.61. The molecule has 0 saturated heterocycles. The van der Waals surface area contributed by atoms with E-state index in [1.54, 1.807) is 20.8 Å². The third-order valence-corrected chi connectivity index (χ3v) is 2.78. The van der Waals surface area contributed by atoms with Crippen LogP contribution in [-0.4, -0.2) is 69.6 Å². The fourth-order valence-corrected chi connectivity index (χ4v) is 1.57. The first-order chi connectivity index (χ1) is 11.7. The SMILES string of the molecule is COC(=O)COCCOCCNC(=O)CCC(N)C(=O)OC(C)(C)C. The average molecular weight is 362 g/mol. The predicted octanol–water partition coefficient (Wildman–Crippen LogP) is -0.242. The van der Waals surface area contributed by atoms with Crippen LogP contribution in [0.4, 0.5) is 0 Å². The van der Waals surface area contributed by atoms with Crippen LogP contribution in [0.2, 0.25) is 0 Å². The van der Waals surface area contributed by atoms with Crippen LogP contribution < -0.4 is 11.1 Å². The molecular weight excluding hydrogens is 332 g/mol. The van der Waals surface area contributed by atoms with Gasteiger partial charge in [-0.1, -0.05) is 0 Å². The highest BCUT2D eigenvalue weighted by Gasteiger charge is 2.22. The number of carbonyl (C=O) groups is 3. The molecule has 0 fully saturated rings. The van der Waals surface area contributed by atoms with Crippen molar-refractivity contribution >= 4 is 17.8 Å². The summed E-state index contributed by atoms with van der Waals surface area (Å²) in [5.41, 5.74) is 5.10. The minimum Gasteiger partial charge on any atom is -0.467 e. The summed E-state index contributed by atoms with van der Waals surface area (Å²) in [6.45, 7) is 6.35. The first-order valence-electron chi connectivity index (χ1n) is 8.13. The fourth-order valence-electron chi connectivity index (χ4n) is 1.57. The summed E-state index contributed by atoms with van der Waals surface area (Å²) in [7, 11) is 1.28. The highest BCUT2D eigenvalue weighted by molar-refractivity contribution is 5.79. The van der Waals surface area contributed by atoms with Gasteiger partial charge in [0.05, 0.1) is 26.9 Å². The molecule has 0 bridgehead atoms. The number of nitrogens with one attached hydrogen (secondary N) is 1. The first kappa shape index (κ1) is 23.3. The molecule has 1 atom stereocenters. The number of nitrogens with two attached hydrogens (primary N) is 1. The third kappa shape index (κ3) is 14.3. The molecule has 1 unspecified atom stereocenters. The quantitative estimate of drug-likeness (QED) is 0.360. The average Bonchev–Trinajstić information content (AvgIpc) is 2.52. The van der Waals surface area contributed by atoms with E-state index < -0.39 is 23.6 Å². The van der Waals surface area contributed by atoms with Gasteiger partial charge in [0.1, 0.15) is 18.2 Å². The second kappa shape index (κ2) is 12.6. The van der Waals surface area contributed by atoms with Crippen molar-refractivity contribution in [2.45, 2.75) is 45.3 Å². The predicted molar refractivity (Wildman–Crippen MR) is 89.7 cm³/mol. The Labute approximate surface area is 148 Å². The third-order valence-electron chi connectivity index (χ3n) is 2.78. The highest BCUT2D eigenvalue weighted by atomic mass is 16.6. The molecule has 1 amide bonds. The zero-order valence-electron chi connectivity index (χ0n) is 15.5. The molecule has 0 saturated carbocycles. The number of hydrogen-bond donors (Lipinski definition) is 2. The van der Waals surface area contributed by atoms with E-state index in [0.717, 1.165) is 0 Å². The summed E-state index contributed by atoms with van der Waals surface area (Å²) in [5.74, 6) is -1.18. The summed E-state index contributed by atoms with van der Waals surface area (Å²) in [4.78, 5) is 34.1. The summed E-state index contributed by atoms with van der Waals surface area (Å²) in [5, 5.41) is 2.66. The van der Waals surface area contributed by atoms with E-state index in [9.17, 15) is 14.4 Å². The molecule has 0 aromatic carbocycles. The van der Waals surface area contributed by atoms with Crippen molar-refractivity contribution in [3.8, 4) is 0 Å². The molecule has 9 nitrogen and oxygen atoms in total. The van der Waals surface area contributed by atoms with E-state index in [1.165, 1.54) is 7.11 Å². The topological polar surface area (TPSA) is 126 Å². The number of rotatable bonds is 12. The Hall–Kier alpha value is -1.71. The lowest BCUT2D eigenvalue weighted by Gasteiger charge is -2.22. The Morgan fingerprint density at radius 3 is 2.32 bits per heavy atom. The molecule has 0 aliphatic carbocycles. The van der Waals surface area contributed by atoms with E-state index in [-0.39, 0.29) is 32.0 Å². The maximum Gasteiger partial charge on any atom is 0.331 e. The van der Waals surface area contributed by atoms with Crippen molar-refractivity contribution in [2.24, 2.45) is 5.73 Å². The smallest absolute Gasteiger partial charge is 0.331 e. The number of amides is 1. The molecule has 0 aliphatic heterocycles. The van der Waals surface area contributed by atoms with Gasteiger partial charge in [-0.05, 0) is 27.2 Å². The van der Waals surface area contributed by atoms with Gasteiger partial charge in [-0.2, -0.15) is 0 Å². The lowest BCUT2D eigenvalue weighted by molar-refractivity contribution is -0.156. The molecule has 0 radical (unpaired) electrons. The van der Waals surface area contributed by atoms with Gasteiger partial charge in [0, 0.05) is 13.0 Å². The molecule has 0 aromatic heterocycles. The van der Waals surface area contributed by atoms with Crippen LogP contribution in [0.25, 0.3) is 0 Å². The van der Waals surface area contributed by atoms with Crippen LogP contribution in [0.15, 0.2) is 0 Å². The van der Waals surface area contributed by atoms with Gasteiger partial charge in [-0.15, -0.1) is 0 Å². The van der Waals surface area contributed by atoms with E-state index in [1.807, 2.05) is 0 Å². The largest absolute Gasteiger partial charge is 0.467 e. The second-order valence-electron chi connectivity index (χ2n) is 6.27. The lowest BCUT2D eigenvalue weighted by atomic mass is 10.1. The van der Waals surface area contributed by atoms with E-state index in [0.29, 0.717) is 19.8 Å². The standard InChI is InChI=1S/C16H30N2O7/c1-16(2,3)25-15(21)12(17)5-6-13(19)18-7-8-23-9-10-24-11-14(20)22-4/h12H,5-11,17H2,1-4H3,(H,18,19). The molecule has 0 spiro atoms. The molecule has 25 heavy (non-hydrogen) atoms. The van der Waals surface area contributed by atoms with Crippen molar-refractivity contribution < 1.29 is 33.3 Å². The van der Waals surface area contributed by atoms with Crippen LogP contribution in [0.1, 0.15) is 33.6 Å². The number of carbonyl (C=O) groups excluding carboxylic acids is 3. The zero-order valence-corrected chi connectivity index (χ0v) is 15.5. The maximum atomic E-state index is 11.7. The van der Waals surface area contributed by atoms with Crippen LogP contribution in [0, 0.1) is 0 Å². The van der Waals surface area contributed by atoms with Crippen LogP contribution in [-0.2, 0) is 33.3 Å². The molecule has 0 aliphatic rings. The summed E-state index contributed by atoms with van der Waals surface area (Å²) in [6.07, 6.45) is 0.339. The number of hydrogen-bond acceptors (Lipinski definition) is 8. The first-order valence-corrected chi connectivity index (χ1v) is 8.13. The molecular formula is C16H30N2O7. The summed E-state index contributed by atoms with van der Waals surface area (Å²) >= 11 is 0. The molecule has 3 N–H and O–H groups in total. The second-order valence-corrected chi connectivity index (χ2v) is 6.27. The fraction of sp³-hybridized carbons (Fsp3) is 0.812. The molecule has 0 rings (SSSR count). The van der Waals surface area contributed by atoms with Crippen molar-refractivity contribution in [1.29, 1.82) is 0 Å². The van der Waals surface area contributed by atoms with Gasteiger partial charge in [-0.25, -0.2) is 4.79 Å². The van der Waals surface area contributed by atoms with E-state index >= 15 is 0 Å². The lowest BCUT2D eigenvalue weighted by Crippen LogP contribution is -2.38. The van der Waals surface area contributed by atoms with Crippen LogP contribution in [0.3, 0.4) is 0 Å². The van der Waals surface area contributed by atoms with Crippen molar-refractivity contribution in [3.63, 3.8) is 0 Å². The minimum atomic E-state index is -0.826. The van der Waals surface area contributed by atoms with Crippen molar-refractivity contribution in [3.05, 3.63) is 0 Å².